The van der Waals surface area contributed by atoms with Crippen LogP contribution in [0.4, 0.5) is 21.7 Å². The Bertz CT molecular complexity index is 1480. The van der Waals surface area contributed by atoms with Crippen molar-refractivity contribution in [3.05, 3.63) is 52.8 Å². The van der Waals surface area contributed by atoms with Gasteiger partial charge in [-0.3, -0.25) is 4.79 Å². The Morgan fingerprint density at radius 3 is 2.46 bits per heavy atom. The van der Waals surface area contributed by atoms with Gasteiger partial charge in [0.15, 0.2) is 11.5 Å². The van der Waals surface area contributed by atoms with Crippen LogP contribution in [0.2, 0.25) is 0 Å². The van der Waals surface area contributed by atoms with Gasteiger partial charge in [-0.25, -0.2) is 23.5 Å². The molecule has 0 fully saturated rings. The van der Waals surface area contributed by atoms with E-state index in [9.17, 15) is 14.0 Å². The molecule has 0 saturated heterocycles. The Balaban J connectivity index is 1.96. The monoisotopic (exact) mass is 568 g/mol. The predicted octanol–water partition coefficient (Wildman–Crippen LogP) is 5.34. The lowest BCUT2D eigenvalue weighted by atomic mass is 9.97. The maximum atomic E-state index is 14.7. The first-order valence-corrected chi connectivity index (χ1v) is 13.2. The van der Waals surface area contributed by atoms with Gasteiger partial charge in [-0.05, 0) is 73.6 Å². The number of anilines is 2. The van der Waals surface area contributed by atoms with Gasteiger partial charge >= 0.3 is 11.9 Å². The number of fused-ring (bicyclic) bond motifs is 1. The number of carbonyl (C=O) groups is 2. The molecule has 0 bridgehead atoms. The summed E-state index contributed by atoms with van der Waals surface area (Å²) in [6.07, 6.45) is 1.04. The first-order chi connectivity index (χ1) is 19.1. The highest BCUT2D eigenvalue weighted by atomic mass is 19.1. The average Bonchev–Trinajstić information content (AvgIpc) is 3.20. The number of benzene rings is 1. The zero-order chi connectivity index (χ0) is 30.7. The van der Waals surface area contributed by atoms with E-state index in [0.29, 0.717) is 17.9 Å². The van der Waals surface area contributed by atoms with E-state index in [4.69, 9.17) is 26.5 Å². The number of nitrogens with zero attached hydrogens (tertiary/aromatic N) is 5. The van der Waals surface area contributed by atoms with Crippen LogP contribution in [0.5, 0.6) is 5.75 Å². The van der Waals surface area contributed by atoms with Gasteiger partial charge in [0.2, 0.25) is 5.69 Å². The van der Waals surface area contributed by atoms with Gasteiger partial charge in [-0.1, -0.05) is 0 Å². The summed E-state index contributed by atoms with van der Waals surface area (Å²) in [4.78, 5) is 34.9. The second kappa shape index (κ2) is 12.0. The van der Waals surface area contributed by atoms with Gasteiger partial charge in [0.25, 0.3) is 0 Å². The number of hydrogen-bond acceptors (Lipinski definition) is 9. The summed E-state index contributed by atoms with van der Waals surface area (Å²) in [5.41, 5.74) is 4.96. The van der Waals surface area contributed by atoms with Gasteiger partial charge in [0.1, 0.15) is 41.3 Å². The molecule has 0 aliphatic heterocycles. The third kappa shape index (κ3) is 7.42. The molecule has 0 amide bonds. The molecule has 11 nitrogen and oxygen atoms in total. The number of nitrogens with two attached hydrogens (primary N) is 1. The molecule has 3 rings (SSSR count). The zero-order valence-corrected chi connectivity index (χ0v) is 24.7. The van der Waals surface area contributed by atoms with Crippen molar-refractivity contribution in [2.24, 2.45) is 5.41 Å². The lowest BCUT2D eigenvalue weighted by Gasteiger charge is -2.26. The lowest BCUT2D eigenvalue weighted by Crippen LogP contribution is -2.29. The third-order valence-corrected chi connectivity index (χ3v) is 5.85. The fraction of sp³-hybridized carbons (Fsp3) is 0.483. The third-order valence-electron chi connectivity index (χ3n) is 5.85. The number of rotatable bonds is 9. The highest BCUT2D eigenvalue weighted by molar-refractivity contribution is 6.01. The topological polar surface area (TPSA) is 126 Å². The van der Waals surface area contributed by atoms with Crippen LogP contribution < -0.4 is 15.4 Å². The molecular formula is C29H37FN6O5. The summed E-state index contributed by atoms with van der Waals surface area (Å²) in [7, 11) is 0. The molecule has 2 N–H and O–H groups in total. The van der Waals surface area contributed by atoms with Crippen molar-refractivity contribution >= 4 is 34.9 Å². The van der Waals surface area contributed by atoms with Crippen molar-refractivity contribution in [1.29, 1.82) is 0 Å². The van der Waals surface area contributed by atoms with Crippen molar-refractivity contribution in [3.8, 4) is 5.75 Å². The molecular weight excluding hydrogens is 531 g/mol. The normalized spacial score (nSPS) is 12.5. The highest BCUT2D eigenvalue weighted by Gasteiger charge is 2.27. The molecule has 3 aromatic rings. The SMILES string of the molecule is [C-]#[N+]c1c(F)ccc(O[C@@H](C)COC(=O)C(C)(C)C)c1CN(CC)c1ccn2nc(N)c(C(=O)OC(C)(C)C)c2n1. The number of carbonyl (C=O) groups excluding carboxylic acids is 2. The summed E-state index contributed by atoms with van der Waals surface area (Å²) < 4.78 is 33.0. The van der Waals surface area contributed by atoms with Crippen LogP contribution >= 0.6 is 0 Å². The molecule has 220 valence electrons. The number of aromatic nitrogens is 3. The van der Waals surface area contributed by atoms with Crippen molar-refractivity contribution in [2.75, 3.05) is 23.8 Å². The van der Waals surface area contributed by atoms with Crippen LogP contribution in [-0.2, 0) is 20.8 Å². The summed E-state index contributed by atoms with van der Waals surface area (Å²) in [5.74, 6) is -1.04. The van der Waals surface area contributed by atoms with Gasteiger partial charge in [-0.2, -0.15) is 0 Å². The van der Waals surface area contributed by atoms with E-state index in [1.165, 1.54) is 16.6 Å². The molecule has 0 unspecified atom stereocenters. The largest absolute Gasteiger partial charge is 0.488 e. The second-order valence-electron chi connectivity index (χ2n) is 11.6. The number of nitrogen functional groups attached to an aromatic ring is 1. The first kappa shape index (κ1) is 31.1. The molecule has 12 heteroatoms. The number of halogens is 1. The fourth-order valence-electron chi connectivity index (χ4n) is 3.82. The summed E-state index contributed by atoms with van der Waals surface area (Å²) >= 11 is 0. The van der Waals surface area contributed by atoms with E-state index < -0.39 is 28.9 Å². The van der Waals surface area contributed by atoms with Crippen LogP contribution in [0.3, 0.4) is 0 Å². The van der Waals surface area contributed by atoms with Crippen molar-refractivity contribution < 1.29 is 28.2 Å². The molecule has 2 aromatic heterocycles. The molecule has 0 radical (unpaired) electrons. The summed E-state index contributed by atoms with van der Waals surface area (Å²) in [6, 6.07) is 4.29. The minimum atomic E-state index is -0.753. The minimum absolute atomic E-state index is 0.0218. The average molecular weight is 569 g/mol. The number of hydrogen-bond donors (Lipinski definition) is 1. The maximum Gasteiger partial charge on any atom is 0.346 e. The van der Waals surface area contributed by atoms with Gasteiger partial charge < -0.3 is 24.8 Å². The first-order valence-electron chi connectivity index (χ1n) is 13.2. The molecule has 41 heavy (non-hydrogen) atoms. The van der Waals surface area contributed by atoms with Crippen LogP contribution in [0.25, 0.3) is 10.5 Å². The number of esters is 2. The van der Waals surface area contributed by atoms with Crippen molar-refractivity contribution in [1.82, 2.24) is 14.6 Å². The van der Waals surface area contributed by atoms with Gasteiger partial charge in [-0.15, -0.1) is 5.10 Å². The summed E-state index contributed by atoms with van der Waals surface area (Å²) in [5, 5.41) is 4.17. The molecule has 0 spiro atoms. The Morgan fingerprint density at radius 1 is 1.20 bits per heavy atom. The fourth-order valence-corrected chi connectivity index (χ4v) is 3.82. The second-order valence-corrected chi connectivity index (χ2v) is 11.6. The Labute approximate surface area is 239 Å². The molecule has 0 saturated carbocycles. The minimum Gasteiger partial charge on any atom is -0.488 e. The highest BCUT2D eigenvalue weighted by Crippen LogP contribution is 2.35. The van der Waals surface area contributed by atoms with Crippen molar-refractivity contribution in [3.63, 3.8) is 0 Å². The smallest absolute Gasteiger partial charge is 0.346 e. The van der Waals surface area contributed by atoms with E-state index in [1.54, 1.807) is 65.6 Å². The lowest BCUT2D eigenvalue weighted by molar-refractivity contribution is -0.155. The standard InChI is InChI=1S/C29H37FN6O5/c1-10-35(21-13-14-36-25(33-21)22(24(31)34-36)26(37)41-29(6,7)8)15-18-20(12-11-19(30)23(18)32-9)40-17(2)16-39-27(38)28(3,4)5/h11-14,17H,10,15-16H2,1-8H3,(H2,31,34)/t17-/m0/s1. The van der Waals surface area contributed by atoms with E-state index in [1.807, 2.05) is 6.92 Å². The molecule has 0 aliphatic carbocycles. The molecule has 1 aromatic carbocycles. The quantitative estimate of drug-likeness (QED) is 0.269. The van der Waals surface area contributed by atoms with Crippen LogP contribution in [0, 0.1) is 17.8 Å². The Kier molecular flexibility index (Phi) is 9.11. The van der Waals surface area contributed by atoms with E-state index in [2.05, 4.69) is 14.9 Å². The van der Waals surface area contributed by atoms with Gasteiger partial charge in [0, 0.05) is 24.8 Å². The van der Waals surface area contributed by atoms with E-state index >= 15 is 0 Å². The van der Waals surface area contributed by atoms with Crippen LogP contribution in [0.1, 0.15) is 71.3 Å². The Morgan fingerprint density at radius 2 is 1.88 bits per heavy atom. The zero-order valence-electron chi connectivity index (χ0n) is 24.7. The van der Waals surface area contributed by atoms with Crippen LogP contribution in [-0.4, -0.2) is 51.4 Å². The predicted molar refractivity (Wildman–Crippen MR) is 152 cm³/mol. The molecule has 0 aliphatic rings. The number of ether oxygens (including phenoxy) is 3. The van der Waals surface area contributed by atoms with Crippen LogP contribution in [0.15, 0.2) is 24.4 Å². The molecule has 2 heterocycles. The van der Waals surface area contributed by atoms with E-state index in [-0.39, 0.29) is 47.6 Å². The van der Waals surface area contributed by atoms with Gasteiger partial charge in [0.05, 0.1) is 12.0 Å². The summed E-state index contributed by atoms with van der Waals surface area (Å²) in [6.45, 7) is 22.2. The Hall–Kier alpha value is -4.40. The van der Waals surface area contributed by atoms with Crippen molar-refractivity contribution in [2.45, 2.75) is 73.6 Å². The molecule has 1 atom stereocenters. The maximum absolute atomic E-state index is 14.7. The van der Waals surface area contributed by atoms with E-state index in [0.717, 1.165) is 0 Å².